The first-order valence-corrected chi connectivity index (χ1v) is 11.0. The lowest BCUT2D eigenvalue weighted by Gasteiger charge is -2.42. The van der Waals surface area contributed by atoms with E-state index >= 15 is 0 Å². The summed E-state index contributed by atoms with van der Waals surface area (Å²) in [4.78, 5) is 41.4. The van der Waals surface area contributed by atoms with Gasteiger partial charge in [-0.15, -0.1) is 10.2 Å². The maximum absolute atomic E-state index is 14.0. The molecule has 0 saturated carbocycles. The van der Waals surface area contributed by atoms with E-state index in [2.05, 4.69) is 10.2 Å². The Bertz CT molecular complexity index is 1390. The highest BCUT2D eigenvalue weighted by atomic mass is 32.1. The number of amides is 2. The van der Waals surface area contributed by atoms with Crippen LogP contribution in [-0.2, 0) is 16.8 Å². The second kappa shape index (κ2) is 8.28. The number of aromatic hydroxyl groups is 1. The molecule has 34 heavy (non-hydrogen) atoms. The molecule has 0 saturated heterocycles. The molecule has 2 amide bonds. The Balaban J connectivity index is 1.82. The van der Waals surface area contributed by atoms with E-state index in [1.807, 2.05) is 0 Å². The molecule has 3 aromatic rings. The Hall–Kier alpha value is -3.67. The molecule has 4 rings (SSSR count). The van der Waals surface area contributed by atoms with Gasteiger partial charge in [0.15, 0.2) is 16.5 Å². The highest BCUT2D eigenvalue weighted by molar-refractivity contribution is 7.14. The molecule has 1 aliphatic rings. The number of likely N-dealkylation sites (N-methyl/N-ethyl adjacent to an activating group) is 2. The monoisotopic (exact) mass is 489 g/mol. The van der Waals surface area contributed by atoms with Crippen LogP contribution in [0.4, 0.5) is 8.78 Å². The maximum atomic E-state index is 14.0. The van der Waals surface area contributed by atoms with Crippen molar-refractivity contribution in [2.24, 2.45) is 0 Å². The fourth-order valence-corrected chi connectivity index (χ4v) is 4.92. The number of halogens is 2. The van der Waals surface area contributed by atoms with Gasteiger partial charge in [0, 0.05) is 39.8 Å². The average Bonchev–Trinajstić information content (AvgIpc) is 3.23. The third-order valence-electron chi connectivity index (χ3n) is 5.73. The normalized spacial score (nSPS) is 17.6. The Morgan fingerprint density at radius 1 is 1.26 bits per heavy atom. The van der Waals surface area contributed by atoms with E-state index in [-0.39, 0.29) is 40.7 Å². The molecular weight excluding hydrogens is 468 g/mol. The van der Waals surface area contributed by atoms with Gasteiger partial charge in [-0.3, -0.25) is 14.4 Å². The molecule has 178 valence electrons. The van der Waals surface area contributed by atoms with E-state index in [1.165, 1.54) is 33.7 Å². The van der Waals surface area contributed by atoms with Gasteiger partial charge in [0.2, 0.25) is 11.3 Å². The molecule has 12 heteroatoms. The van der Waals surface area contributed by atoms with Crippen molar-refractivity contribution in [1.82, 2.24) is 24.6 Å². The average molecular weight is 490 g/mol. The van der Waals surface area contributed by atoms with Gasteiger partial charge in [0.25, 0.3) is 5.91 Å². The molecule has 3 heterocycles. The van der Waals surface area contributed by atoms with Crippen molar-refractivity contribution in [3.05, 3.63) is 62.5 Å². The summed E-state index contributed by atoms with van der Waals surface area (Å²) in [6.45, 7) is 1.63. The van der Waals surface area contributed by atoms with E-state index in [1.54, 1.807) is 21.0 Å². The van der Waals surface area contributed by atoms with Crippen molar-refractivity contribution < 1.29 is 23.5 Å². The number of pyridine rings is 1. The molecule has 1 aromatic carbocycles. The Morgan fingerprint density at radius 2 is 1.97 bits per heavy atom. The molecule has 1 atom stereocenters. The van der Waals surface area contributed by atoms with Gasteiger partial charge in [-0.25, -0.2) is 8.78 Å². The zero-order valence-corrected chi connectivity index (χ0v) is 19.6. The van der Waals surface area contributed by atoms with Crippen LogP contribution in [0, 0.1) is 11.6 Å². The molecule has 0 spiro atoms. The van der Waals surface area contributed by atoms with Crippen LogP contribution in [0.1, 0.15) is 28.0 Å². The topological polar surface area (TPSA) is 109 Å². The Labute approximate surface area is 196 Å². The Kier molecular flexibility index (Phi) is 5.72. The molecule has 2 aromatic heterocycles. The molecule has 1 aliphatic heterocycles. The van der Waals surface area contributed by atoms with Crippen molar-refractivity contribution in [2.45, 2.75) is 18.9 Å². The summed E-state index contributed by atoms with van der Waals surface area (Å²) in [5.74, 6) is -3.17. The first kappa shape index (κ1) is 23.5. The smallest absolute Gasteiger partial charge is 0.274 e. The predicted octanol–water partition coefficient (Wildman–Crippen LogP) is 1.83. The van der Waals surface area contributed by atoms with Crippen LogP contribution in [0.2, 0.25) is 0 Å². The van der Waals surface area contributed by atoms with E-state index in [0.717, 1.165) is 23.5 Å². The van der Waals surface area contributed by atoms with Crippen LogP contribution in [0.25, 0.3) is 10.6 Å². The van der Waals surface area contributed by atoms with Crippen molar-refractivity contribution in [2.75, 3.05) is 27.7 Å². The lowest BCUT2D eigenvalue weighted by molar-refractivity contribution is -0.138. The quantitative estimate of drug-likeness (QED) is 0.599. The van der Waals surface area contributed by atoms with Gasteiger partial charge in [0.05, 0.1) is 12.1 Å². The summed E-state index contributed by atoms with van der Waals surface area (Å²) in [6.07, 6.45) is 1.34. The lowest BCUT2D eigenvalue weighted by atomic mass is 9.94. The van der Waals surface area contributed by atoms with Crippen molar-refractivity contribution in [3.8, 4) is 16.3 Å². The third-order valence-corrected chi connectivity index (χ3v) is 6.69. The van der Waals surface area contributed by atoms with Crippen LogP contribution >= 0.6 is 11.3 Å². The van der Waals surface area contributed by atoms with Gasteiger partial charge < -0.3 is 19.5 Å². The van der Waals surface area contributed by atoms with Crippen molar-refractivity contribution in [1.29, 1.82) is 0 Å². The minimum absolute atomic E-state index is 0.0160. The lowest BCUT2D eigenvalue weighted by Crippen LogP contribution is -2.58. The summed E-state index contributed by atoms with van der Waals surface area (Å²) in [5.41, 5.74) is -2.29. The highest BCUT2D eigenvalue weighted by Crippen LogP contribution is 2.34. The SMILES string of the molecule is CN(C)C(=O)[C@@]1(C)CN(C)C(=O)c2c(O)c(=O)c(-c3nnc(Cc4ccc(F)cc4F)s3)cn21. The summed E-state index contributed by atoms with van der Waals surface area (Å²) >= 11 is 0.986. The highest BCUT2D eigenvalue weighted by Gasteiger charge is 2.46. The fourth-order valence-electron chi connectivity index (χ4n) is 4.05. The maximum Gasteiger partial charge on any atom is 0.274 e. The van der Waals surface area contributed by atoms with Gasteiger partial charge in [-0.2, -0.15) is 0 Å². The molecule has 1 N–H and O–H groups in total. The molecule has 0 radical (unpaired) electrons. The largest absolute Gasteiger partial charge is 0.503 e. The van der Waals surface area contributed by atoms with Crippen LogP contribution in [0.5, 0.6) is 5.75 Å². The van der Waals surface area contributed by atoms with Gasteiger partial charge in [-0.1, -0.05) is 17.4 Å². The van der Waals surface area contributed by atoms with Crippen LogP contribution in [0.3, 0.4) is 0 Å². The number of carbonyl (C=O) groups is 2. The summed E-state index contributed by atoms with van der Waals surface area (Å²) in [7, 11) is 4.62. The predicted molar refractivity (Wildman–Crippen MR) is 120 cm³/mol. The van der Waals surface area contributed by atoms with E-state index in [9.17, 15) is 28.3 Å². The number of carbonyl (C=O) groups excluding carboxylic acids is 2. The van der Waals surface area contributed by atoms with Gasteiger partial charge in [-0.05, 0) is 18.6 Å². The van der Waals surface area contributed by atoms with Gasteiger partial charge in [0.1, 0.15) is 22.2 Å². The van der Waals surface area contributed by atoms with Crippen LogP contribution < -0.4 is 5.43 Å². The first-order chi connectivity index (χ1) is 15.9. The molecular formula is C22H21F2N5O4S. The number of rotatable bonds is 4. The second-order valence-corrected chi connectivity index (χ2v) is 9.55. The number of nitrogens with zero attached hydrogens (tertiary/aromatic N) is 5. The van der Waals surface area contributed by atoms with Crippen LogP contribution in [0.15, 0.2) is 29.2 Å². The first-order valence-electron chi connectivity index (χ1n) is 10.2. The number of aromatic nitrogens is 3. The molecule has 0 aliphatic carbocycles. The zero-order valence-electron chi connectivity index (χ0n) is 18.8. The summed E-state index contributed by atoms with van der Waals surface area (Å²) in [6, 6.07) is 3.19. The van der Waals surface area contributed by atoms with E-state index in [4.69, 9.17) is 0 Å². The number of benzene rings is 1. The minimum Gasteiger partial charge on any atom is -0.503 e. The van der Waals surface area contributed by atoms with E-state index < -0.39 is 34.3 Å². The van der Waals surface area contributed by atoms with Crippen molar-refractivity contribution in [3.63, 3.8) is 0 Å². The minimum atomic E-state index is -1.30. The van der Waals surface area contributed by atoms with Crippen molar-refractivity contribution >= 4 is 23.2 Å². The van der Waals surface area contributed by atoms with E-state index in [0.29, 0.717) is 5.01 Å². The number of hydrogen-bond donors (Lipinski definition) is 1. The molecule has 0 bridgehead atoms. The molecule has 0 unspecified atom stereocenters. The number of hydrogen-bond acceptors (Lipinski definition) is 7. The second-order valence-electron chi connectivity index (χ2n) is 8.49. The number of fused-ring (bicyclic) bond motifs is 1. The Morgan fingerprint density at radius 3 is 2.62 bits per heavy atom. The third kappa shape index (κ3) is 3.73. The van der Waals surface area contributed by atoms with Gasteiger partial charge >= 0.3 is 0 Å². The molecule has 9 nitrogen and oxygen atoms in total. The molecule has 0 fully saturated rings. The standard InChI is InChI=1S/C22H21F2N5O4S/c1-22(21(33)27(2)3)10-28(4)20(32)16-18(31)17(30)13(9-29(16)22)19-26-25-15(34-19)7-11-5-6-12(23)8-14(11)24/h5-6,8-9,31H,7,10H2,1-4H3/t22-/m1/s1. The fraction of sp³-hybridized carbons (Fsp3) is 0.318. The zero-order chi connectivity index (χ0) is 24.9. The van der Waals surface area contributed by atoms with Crippen LogP contribution in [-0.4, -0.2) is 69.2 Å². The summed E-state index contributed by atoms with van der Waals surface area (Å²) < 4.78 is 28.5. The summed E-state index contributed by atoms with van der Waals surface area (Å²) in [5, 5.41) is 19.2.